The van der Waals surface area contributed by atoms with Gasteiger partial charge in [-0.25, -0.2) is 4.39 Å². The van der Waals surface area contributed by atoms with Gasteiger partial charge in [-0.3, -0.25) is 4.79 Å². The molecular formula is C23H16FNOS. The molecule has 1 aromatic heterocycles. The van der Waals surface area contributed by atoms with Gasteiger partial charge in [0.25, 0.3) is 0 Å². The lowest BCUT2D eigenvalue weighted by atomic mass is 9.86. The summed E-state index contributed by atoms with van der Waals surface area (Å²) in [5.74, 6) is -0.274. The lowest BCUT2D eigenvalue weighted by molar-refractivity contribution is -0.116. The molecule has 5 rings (SSSR count). The molecule has 1 N–H and O–H groups in total. The van der Waals surface area contributed by atoms with Crippen LogP contribution in [-0.4, -0.2) is 5.91 Å². The van der Waals surface area contributed by atoms with Crippen LogP contribution in [0.25, 0.3) is 21.9 Å². The van der Waals surface area contributed by atoms with Crippen molar-refractivity contribution in [3.8, 4) is 11.1 Å². The minimum absolute atomic E-state index is 0.00325. The van der Waals surface area contributed by atoms with E-state index in [-0.39, 0.29) is 17.6 Å². The molecule has 0 saturated heterocycles. The molecule has 1 amide bonds. The van der Waals surface area contributed by atoms with E-state index in [1.807, 2.05) is 29.6 Å². The molecule has 0 saturated carbocycles. The number of rotatable bonds is 2. The molecule has 0 bridgehead atoms. The van der Waals surface area contributed by atoms with E-state index in [4.69, 9.17) is 0 Å². The maximum atomic E-state index is 13.7. The van der Waals surface area contributed by atoms with Crippen molar-refractivity contribution >= 4 is 33.7 Å². The van der Waals surface area contributed by atoms with E-state index < -0.39 is 0 Å². The van der Waals surface area contributed by atoms with Crippen LogP contribution in [0.3, 0.4) is 0 Å². The summed E-state index contributed by atoms with van der Waals surface area (Å²) in [4.78, 5) is 13.6. The van der Waals surface area contributed by atoms with Gasteiger partial charge in [0, 0.05) is 28.2 Å². The molecule has 1 aliphatic heterocycles. The van der Waals surface area contributed by atoms with E-state index in [1.54, 1.807) is 17.4 Å². The quantitative estimate of drug-likeness (QED) is 0.446. The van der Waals surface area contributed by atoms with Crippen molar-refractivity contribution in [1.29, 1.82) is 0 Å². The standard InChI is InChI=1S/C23H16FNOS/c24-16-8-3-7-15(11-16)20-13-27-23-19(12-21(26)25-22(20)23)18-10-4-6-14-5-1-2-9-17(14)18/h1-11,13,19H,12H2,(H,25,26). The van der Waals surface area contributed by atoms with Gasteiger partial charge < -0.3 is 5.32 Å². The summed E-state index contributed by atoms with van der Waals surface area (Å²) < 4.78 is 13.7. The Bertz CT molecular complexity index is 1170. The van der Waals surface area contributed by atoms with E-state index in [9.17, 15) is 9.18 Å². The number of anilines is 1. The van der Waals surface area contributed by atoms with E-state index in [0.29, 0.717) is 6.42 Å². The fourth-order valence-electron chi connectivity index (χ4n) is 3.90. The minimum Gasteiger partial charge on any atom is -0.325 e. The summed E-state index contributed by atoms with van der Waals surface area (Å²) in [6.07, 6.45) is 0.421. The second kappa shape index (κ2) is 6.32. The molecule has 27 heavy (non-hydrogen) atoms. The molecule has 4 aromatic rings. The molecule has 1 atom stereocenters. The van der Waals surface area contributed by atoms with Crippen molar-refractivity contribution in [2.24, 2.45) is 0 Å². The smallest absolute Gasteiger partial charge is 0.225 e. The Morgan fingerprint density at radius 1 is 1.00 bits per heavy atom. The van der Waals surface area contributed by atoms with E-state index >= 15 is 0 Å². The van der Waals surface area contributed by atoms with Crippen LogP contribution < -0.4 is 5.32 Å². The number of benzene rings is 3. The van der Waals surface area contributed by atoms with Crippen molar-refractivity contribution < 1.29 is 9.18 Å². The van der Waals surface area contributed by atoms with Crippen LogP contribution in [0.2, 0.25) is 0 Å². The number of fused-ring (bicyclic) bond motifs is 2. The zero-order chi connectivity index (χ0) is 18.4. The molecule has 0 fully saturated rings. The predicted molar refractivity (Wildman–Crippen MR) is 109 cm³/mol. The van der Waals surface area contributed by atoms with Gasteiger partial charge in [-0.15, -0.1) is 11.3 Å². The second-order valence-corrected chi connectivity index (χ2v) is 7.68. The molecule has 132 valence electrons. The van der Waals surface area contributed by atoms with Gasteiger partial charge in [0.05, 0.1) is 5.69 Å². The average molecular weight is 373 g/mol. The van der Waals surface area contributed by atoms with Crippen LogP contribution in [0.15, 0.2) is 72.1 Å². The molecule has 2 heterocycles. The highest BCUT2D eigenvalue weighted by atomic mass is 32.1. The summed E-state index contributed by atoms with van der Waals surface area (Å²) in [6.45, 7) is 0. The Kier molecular flexibility index (Phi) is 3.80. The summed E-state index contributed by atoms with van der Waals surface area (Å²) in [6, 6.07) is 21.0. The molecule has 3 aromatic carbocycles. The molecule has 0 radical (unpaired) electrons. The highest BCUT2D eigenvalue weighted by Gasteiger charge is 2.31. The van der Waals surface area contributed by atoms with Gasteiger partial charge in [0.15, 0.2) is 0 Å². The third-order valence-electron chi connectivity index (χ3n) is 5.12. The second-order valence-electron chi connectivity index (χ2n) is 6.77. The molecule has 2 nitrogen and oxygen atoms in total. The Hall–Kier alpha value is -2.98. The van der Waals surface area contributed by atoms with E-state index in [1.165, 1.54) is 22.9 Å². The normalized spacial score (nSPS) is 16.2. The SMILES string of the molecule is O=C1CC(c2cccc3ccccc23)c2scc(-c3cccc(F)c3)c2N1. The Morgan fingerprint density at radius 3 is 2.70 bits per heavy atom. The first-order chi connectivity index (χ1) is 13.2. The van der Waals surface area contributed by atoms with Crippen LogP contribution in [-0.2, 0) is 4.79 Å². The van der Waals surface area contributed by atoms with E-state index in [0.717, 1.165) is 27.3 Å². The van der Waals surface area contributed by atoms with Gasteiger partial charge >= 0.3 is 0 Å². The van der Waals surface area contributed by atoms with Gasteiger partial charge in [-0.05, 0) is 34.0 Å². The molecule has 4 heteroatoms. The topological polar surface area (TPSA) is 29.1 Å². The summed E-state index contributed by atoms with van der Waals surface area (Å²) in [7, 11) is 0. The average Bonchev–Trinajstić information content (AvgIpc) is 3.10. The highest BCUT2D eigenvalue weighted by molar-refractivity contribution is 7.11. The van der Waals surface area contributed by atoms with Crippen LogP contribution in [0, 0.1) is 5.82 Å². The maximum Gasteiger partial charge on any atom is 0.225 e. The van der Waals surface area contributed by atoms with Gasteiger partial charge in [0.1, 0.15) is 5.82 Å². The van der Waals surface area contributed by atoms with Crippen molar-refractivity contribution in [3.63, 3.8) is 0 Å². The van der Waals surface area contributed by atoms with Crippen molar-refractivity contribution in [2.45, 2.75) is 12.3 Å². The van der Waals surface area contributed by atoms with Gasteiger partial charge in [-0.1, -0.05) is 54.6 Å². The number of carbonyl (C=O) groups excluding carboxylic acids is 1. The van der Waals surface area contributed by atoms with Crippen LogP contribution in [0.1, 0.15) is 22.8 Å². The Morgan fingerprint density at radius 2 is 1.81 bits per heavy atom. The number of hydrogen-bond acceptors (Lipinski definition) is 2. The summed E-state index contributed by atoms with van der Waals surface area (Å²) in [5.41, 5.74) is 3.65. The molecule has 1 aliphatic rings. The van der Waals surface area contributed by atoms with Crippen LogP contribution in [0.4, 0.5) is 10.1 Å². The first kappa shape index (κ1) is 16.2. The van der Waals surface area contributed by atoms with Crippen molar-refractivity contribution in [1.82, 2.24) is 0 Å². The van der Waals surface area contributed by atoms with Gasteiger partial charge in [0.2, 0.25) is 5.91 Å². The summed E-state index contributed by atoms with van der Waals surface area (Å²) in [5, 5.41) is 7.38. The lowest BCUT2D eigenvalue weighted by Crippen LogP contribution is -2.22. The Labute approximate surface area is 160 Å². The van der Waals surface area contributed by atoms with Gasteiger partial charge in [-0.2, -0.15) is 0 Å². The first-order valence-corrected chi connectivity index (χ1v) is 9.73. The number of nitrogens with one attached hydrogen (secondary N) is 1. The summed E-state index contributed by atoms with van der Waals surface area (Å²) >= 11 is 1.63. The van der Waals surface area contributed by atoms with Crippen molar-refractivity contribution in [3.05, 3.63) is 88.4 Å². The fraction of sp³-hybridized carbons (Fsp3) is 0.0870. The third kappa shape index (κ3) is 2.73. The minimum atomic E-state index is -0.278. The number of halogens is 1. The first-order valence-electron chi connectivity index (χ1n) is 8.85. The fourth-order valence-corrected chi connectivity index (χ4v) is 5.05. The zero-order valence-electron chi connectivity index (χ0n) is 14.4. The Balaban J connectivity index is 1.69. The zero-order valence-corrected chi connectivity index (χ0v) is 15.2. The largest absolute Gasteiger partial charge is 0.325 e. The maximum absolute atomic E-state index is 13.7. The van der Waals surface area contributed by atoms with Crippen LogP contribution >= 0.6 is 11.3 Å². The van der Waals surface area contributed by atoms with Crippen molar-refractivity contribution in [2.75, 3.05) is 5.32 Å². The molecule has 0 spiro atoms. The third-order valence-corrected chi connectivity index (χ3v) is 6.22. The number of hydrogen-bond donors (Lipinski definition) is 1. The molecule has 1 unspecified atom stereocenters. The molecular weight excluding hydrogens is 357 g/mol. The molecule has 0 aliphatic carbocycles. The number of thiophene rings is 1. The predicted octanol–water partition coefficient (Wildman–Crippen LogP) is 6.18. The monoisotopic (exact) mass is 373 g/mol. The number of carbonyl (C=O) groups is 1. The van der Waals surface area contributed by atoms with Crippen LogP contribution in [0.5, 0.6) is 0 Å². The lowest BCUT2D eigenvalue weighted by Gasteiger charge is -2.25. The van der Waals surface area contributed by atoms with E-state index in [2.05, 4.69) is 29.6 Å². The highest BCUT2D eigenvalue weighted by Crippen LogP contribution is 2.47. The number of amides is 1.